The molecule has 0 aromatic heterocycles. The van der Waals surface area contributed by atoms with E-state index in [2.05, 4.69) is 5.32 Å². The quantitative estimate of drug-likeness (QED) is 0.534. The normalized spacial score (nSPS) is 12.0. The van der Waals surface area contributed by atoms with E-state index in [-0.39, 0.29) is 31.5 Å². The van der Waals surface area contributed by atoms with E-state index in [4.69, 9.17) is 14.2 Å². The Morgan fingerprint density at radius 1 is 1.03 bits per heavy atom. The van der Waals surface area contributed by atoms with Crippen LogP contribution in [0.25, 0.3) is 0 Å². The van der Waals surface area contributed by atoms with Gasteiger partial charge in [0, 0.05) is 13.0 Å². The van der Waals surface area contributed by atoms with Gasteiger partial charge in [-0.3, -0.25) is 9.10 Å². The molecule has 31 heavy (non-hydrogen) atoms. The first-order valence-electron chi connectivity index (χ1n) is 9.91. The standard InChI is InChI=1S/C22H30N2O6S/c1-17(16-30-21-9-6-5-8-20(21)29-3)23-22(25)10-7-15-24(31(4,26)27)18-11-13-19(28-2)14-12-18/h5-6,8-9,11-14,17H,7,10,15-16H2,1-4H3,(H,23,25)/t17-/m1/s1. The van der Waals surface area contributed by atoms with E-state index in [0.29, 0.717) is 29.4 Å². The molecule has 0 spiro atoms. The number of benzene rings is 2. The molecule has 0 aliphatic heterocycles. The van der Waals surface area contributed by atoms with Crippen molar-refractivity contribution in [3.8, 4) is 17.2 Å². The Kier molecular flexibility index (Phi) is 8.99. The highest BCUT2D eigenvalue weighted by Crippen LogP contribution is 2.26. The molecule has 0 aliphatic carbocycles. The van der Waals surface area contributed by atoms with E-state index in [1.165, 1.54) is 4.31 Å². The number of nitrogens with zero attached hydrogens (tertiary/aromatic N) is 1. The predicted octanol–water partition coefficient (Wildman–Crippen LogP) is 2.83. The Balaban J connectivity index is 1.83. The highest BCUT2D eigenvalue weighted by molar-refractivity contribution is 7.92. The Morgan fingerprint density at radius 3 is 2.26 bits per heavy atom. The van der Waals surface area contributed by atoms with E-state index in [9.17, 15) is 13.2 Å². The Morgan fingerprint density at radius 2 is 1.68 bits per heavy atom. The zero-order chi connectivity index (χ0) is 22.9. The van der Waals surface area contributed by atoms with Gasteiger partial charge in [-0.15, -0.1) is 0 Å². The second kappa shape index (κ2) is 11.5. The number of rotatable bonds is 12. The number of sulfonamides is 1. The largest absolute Gasteiger partial charge is 0.497 e. The van der Waals surface area contributed by atoms with E-state index in [1.54, 1.807) is 50.6 Å². The summed E-state index contributed by atoms with van der Waals surface area (Å²) in [5.74, 6) is 1.70. The van der Waals surface area contributed by atoms with Gasteiger partial charge in [0.1, 0.15) is 12.4 Å². The van der Waals surface area contributed by atoms with E-state index < -0.39 is 10.0 Å². The molecular weight excluding hydrogens is 420 g/mol. The third-order valence-electron chi connectivity index (χ3n) is 4.49. The van der Waals surface area contributed by atoms with Gasteiger partial charge in [0.2, 0.25) is 15.9 Å². The van der Waals surface area contributed by atoms with Crippen LogP contribution in [0.3, 0.4) is 0 Å². The summed E-state index contributed by atoms with van der Waals surface area (Å²) in [5, 5.41) is 2.87. The van der Waals surface area contributed by atoms with Crippen molar-refractivity contribution >= 4 is 21.6 Å². The average molecular weight is 451 g/mol. The summed E-state index contributed by atoms with van der Waals surface area (Å²) < 4.78 is 41.7. The minimum Gasteiger partial charge on any atom is -0.497 e. The minimum absolute atomic E-state index is 0.167. The fourth-order valence-corrected chi connectivity index (χ4v) is 3.93. The van der Waals surface area contributed by atoms with Crippen molar-refractivity contribution in [3.05, 3.63) is 48.5 Å². The average Bonchev–Trinajstić information content (AvgIpc) is 2.74. The summed E-state index contributed by atoms with van der Waals surface area (Å²) in [6.07, 6.45) is 1.72. The van der Waals surface area contributed by atoms with Crippen LogP contribution in [0.4, 0.5) is 5.69 Å². The molecule has 2 rings (SSSR count). The third-order valence-corrected chi connectivity index (χ3v) is 5.69. The number of para-hydroxylation sites is 2. The Hall–Kier alpha value is -2.94. The zero-order valence-corrected chi connectivity index (χ0v) is 19.1. The molecule has 1 N–H and O–H groups in total. The van der Waals surface area contributed by atoms with Gasteiger partial charge in [0.05, 0.1) is 32.2 Å². The molecule has 170 valence electrons. The molecule has 9 heteroatoms. The first-order valence-corrected chi connectivity index (χ1v) is 11.8. The maximum Gasteiger partial charge on any atom is 0.232 e. The second-order valence-electron chi connectivity index (χ2n) is 7.07. The van der Waals surface area contributed by atoms with Crippen molar-refractivity contribution in [3.63, 3.8) is 0 Å². The van der Waals surface area contributed by atoms with Crippen LogP contribution in [-0.2, 0) is 14.8 Å². The SMILES string of the molecule is COc1ccc(N(CCCC(=O)N[C@H](C)COc2ccccc2OC)S(C)(=O)=O)cc1. The number of hydrogen-bond acceptors (Lipinski definition) is 6. The van der Waals surface area contributed by atoms with Crippen LogP contribution in [0.15, 0.2) is 48.5 Å². The van der Waals surface area contributed by atoms with Crippen molar-refractivity contribution < 1.29 is 27.4 Å². The molecule has 0 saturated heterocycles. The highest BCUT2D eigenvalue weighted by Gasteiger charge is 2.18. The van der Waals surface area contributed by atoms with Gasteiger partial charge in [0.25, 0.3) is 0 Å². The van der Waals surface area contributed by atoms with E-state index in [0.717, 1.165) is 6.26 Å². The molecule has 8 nitrogen and oxygen atoms in total. The molecule has 0 heterocycles. The Labute approximate surface area is 184 Å². The van der Waals surface area contributed by atoms with Crippen LogP contribution >= 0.6 is 0 Å². The van der Waals surface area contributed by atoms with Gasteiger partial charge in [-0.1, -0.05) is 12.1 Å². The van der Waals surface area contributed by atoms with E-state index in [1.807, 2.05) is 19.1 Å². The number of amides is 1. The summed E-state index contributed by atoms with van der Waals surface area (Å²) in [7, 11) is -0.361. The lowest BCUT2D eigenvalue weighted by Gasteiger charge is -2.22. The lowest BCUT2D eigenvalue weighted by molar-refractivity contribution is -0.121. The van der Waals surface area contributed by atoms with Gasteiger partial charge >= 0.3 is 0 Å². The van der Waals surface area contributed by atoms with Gasteiger partial charge in [-0.2, -0.15) is 0 Å². The number of nitrogens with one attached hydrogen (secondary N) is 1. The topological polar surface area (TPSA) is 94.2 Å². The van der Waals surface area contributed by atoms with E-state index >= 15 is 0 Å². The van der Waals surface area contributed by atoms with Crippen LogP contribution in [0.1, 0.15) is 19.8 Å². The minimum atomic E-state index is -3.48. The summed E-state index contributed by atoms with van der Waals surface area (Å²) in [6, 6.07) is 13.8. The van der Waals surface area contributed by atoms with Crippen LogP contribution in [-0.4, -0.2) is 54.0 Å². The first-order chi connectivity index (χ1) is 14.7. The summed E-state index contributed by atoms with van der Waals surface area (Å²) in [5.41, 5.74) is 0.530. The maximum atomic E-state index is 12.3. The molecule has 1 atom stereocenters. The molecule has 0 radical (unpaired) electrons. The van der Waals surface area contributed by atoms with Crippen molar-refractivity contribution in [2.75, 3.05) is 37.9 Å². The monoisotopic (exact) mass is 450 g/mol. The molecular formula is C22H30N2O6S. The number of ether oxygens (including phenoxy) is 3. The van der Waals surface area contributed by atoms with Crippen molar-refractivity contribution in [2.24, 2.45) is 0 Å². The molecule has 0 unspecified atom stereocenters. The van der Waals surface area contributed by atoms with Gasteiger partial charge in [0.15, 0.2) is 11.5 Å². The van der Waals surface area contributed by atoms with Gasteiger partial charge in [-0.05, 0) is 49.7 Å². The fraction of sp³-hybridized carbons (Fsp3) is 0.409. The number of carbonyl (C=O) groups excluding carboxylic acids is 1. The zero-order valence-electron chi connectivity index (χ0n) is 18.3. The lowest BCUT2D eigenvalue weighted by atomic mass is 10.2. The third kappa shape index (κ3) is 7.67. The molecule has 2 aromatic carbocycles. The van der Waals surface area contributed by atoms with Crippen LogP contribution < -0.4 is 23.8 Å². The summed E-state index contributed by atoms with van der Waals surface area (Å²) in [6.45, 7) is 2.32. The number of carbonyl (C=O) groups is 1. The summed E-state index contributed by atoms with van der Waals surface area (Å²) >= 11 is 0. The van der Waals surface area contributed by atoms with Crippen LogP contribution in [0.5, 0.6) is 17.2 Å². The van der Waals surface area contributed by atoms with Crippen molar-refractivity contribution in [1.82, 2.24) is 5.32 Å². The molecule has 2 aromatic rings. The highest BCUT2D eigenvalue weighted by atomic mass is 32.2. The van der Waals surface area contributed by atoms with Gasteiger partial charge < -0.3 is 19.5 Å². The maximum absolute atomic E-state index is 12.3. The number of methoxy groups -OCH3 is 2. The van der Waals surface area contributed by atoms with Crippen molar-refractivity contribution in [2.45, 2.75) is 25.8 Å². The molecule has 0 bridgehead atoms. The first kappa shape index (κ1) is 24.3. The lowest BCUT2D eigenvalue weighted by Crippen LogP contribution is -2.37. The van der Waals surface area contributed by atoms with Crippen molar-refractivity contribution in [1.29, 1.82) is 0 Å². The number of anilines is 1. The van der Waals surface area contributed by atoms with Crippen LogP contribution in [0, 0.1) is 0 Å². The fourth-order valence-electron chi connectivity index (χ4n) is 2.96. The smallest absolute Gasteiger partial charge is 0.232 e. The number of hydrogen-bond donors (Lipinski definition) is 1. The molecule has 0 aliphatic rings. The molecule has 0 fully saturated rings. The predicted molar refractivity (Wildman–Crippen MR) is 121 cm³/mol. The van der Waals surface area contributed by atoms with Gasteiger partial charge in [-0.25, -0.2) is 8.42 Å². The molecule has 1 amide bonds. The second-order valence-corrected chi connectivity index (χ2v) is 8.97. The summed E-state index contributed by atoms with van der Waals surface area (Å²) in [4.78, 5) is 12.3. The Bertz CT molecular complexity index is 947. The molecule has 0 saturated carbocycles. The van der Waals surface area contributed by atoms with Crippen LogP contribution in [0.2, 0.25) is 0 Å².